The Hall–Kier alpha value is -1.81. The van der Waals surface area contributed by atoms with E-state index in [1.807, 2.05) is 30.3 Å². The summed E-state index contributed by atoms with van der Waals surface area (Å²) < 4.78 is 6.74. The van der Waals surface area contributed by atoms with Gasteiger partial charge in [0.05, 0.1) is 12.7 Å². The molecule has 0 bridgehead atoms. The molecule has 84 valence electrons. The predicted molar refractivity (Wildman–Crippen MR) is 60.3 cm³/mol. The van der Waals surface area contributed by atoms with Crippen LogP contribution in [0.25, 0.3) is 0 Å². The van der Waals surface area contributed by atoms with Gasteiger partial charge in [0.1, 0.15) is 6.10 Å². The van der Waals surface area contributed by atoms with Crippen molar-refractivity contribution in [2.75, 3.05) is 7.11 Å². The second-order valence-corrected chi connectivity index (χ2v) is 3.58. The Balaban J connectivity index is 2.37. The van der Waals surface area contributed by atoms with Gasteiger partial charge >= 0.3 is 0 Å². The molecular formula is C12H14N2O2. The van der Waals surface area contributed by atoms with Crippen LogP contribution in [-0.4, -0.2) is 22.0 Å². The third kappa shape index (κ3) is 1.92. The summed E-state index contributed by atoms with van der Waals surface area (Å²) in [5, 5.41) is 14.3. The van der Waals surface area contributed by atoms with Crippen molar-refractivity contribution in [3.8, 4) is 5.88 Å². The van der Waals surface area contributed by atoms with E-state index in [4.69, 9.17) is 4.74 Å². The lowest BCUT2D eigenvalue weighted by atomic mass is 10.0. The molecule has 16 heavy (non-hydrogen) atoms. The van der Waals surface area contributed by atoms with Gasteiger partial charge in [0, 0.05) is 13.2 Å². The Morgan fingerprint density at radius 2 is 2.00 bits per heavy atom. The Labute approximate surface area is 94.1 Å². The van der Waals surface area contributed by atoms with E-state index in [1.54, 1.807) is 25.0 Å². The lowest BCUT2D eigenvalue weighted by Crippen LogP contribution is -2.00. The Morgan fingerprint density at radius 3 is 2.62 bits per heavy atom. The summed E-state index contributed by atoms with van der Waals surface area (Å²) in [5.41, 5.74) is 1.50. The first-order valence-electron chi connectivity index (χ1n) is 5.03. The molecule has 2 aromatic rings. The molecule has 1 heterocycles. The molecule has 0 aliphatic heterocycles. The number of hydrogen-bond donors (Lipinski definition) is 1. The second kappa shape index (κ2) is 4.37. The van der Waals surface area contributed by atoms with E-state index in [-0.39, 0.29) is 0 Å². The normalized spacial score (nSPS) is 12.4. The summed E-state index contributed by atoms with van der Waals surface area (Å²) in [6.07, 6.45) is 1.06. The van der Waals surface area contributed by atoms with E-state index < -0.39 is 6.10 Å². The van der Waals surface area contributed by atoms with Crippen molar-refractivity contribution in [3.63, 3.8) is 0 Å². The number of rotatable bonds is 3. The fourth-order valence-electron chi connectivity index (χ4n) is 1.65. The smallest absolute Gasteiger partial charge is 0.238 e. The van der Waals surface area contributed by atoms with Gasteiger partial charge < -0.3 is 9.84 Å². The summed E-state index contributed by atoms with van der Waals surface area (Å²) in [4.78, 5) is 0. The molecule has 0 aliphatic carbocycles. The molecule has 2 rings (SSSR count). The van der Waals surface area contributed by atoms with Crippen LogP contribution in [0.2, 0.25) is 0 Å². The molecule has 4 nitrogen and oxygen atoms in total. The Bertz CT molecular complexity index is 465. The van der Waals surface area contributed by atoms with Crippen molar-refractivity contribution in [2.45, 2.75) is 6.10 Å². The van der Waals surface area contributed by atoms with Gasteiger partial charge in [0.2, 0.25) is 5.88 Å². The zero-order valence-electron chi connectivity index (χ0n) is 9.29. The van der Waals surface area contributed by atoms with Crippen molar-refractivity contribution in [1.29, 1.82) is 0 Å². The van der Waals surface area contributed by atoms with E-state index in [9.17, 15) is 5.11 Å². The largest absolute Gasteiger partial charge is 0.480 e. The van der Waals surface area contributed by atoms with Crippen LogP contribution in [0, 0.1) is 0 Å². The second-order valence-electron chi connectivity index (χ2n) is 3.58. The molecule has 1 aromatic carbocycles. The topological polar surface area (TPSA) is 47.3 Å². The van der Waals surface area contributed by atoms with Crippen molar-refractivity contribution in [1.82, 2.24) is 9.78 Å². The third-order valence-corrected chi connectivity index (χ3v) is 2.42. The van der Waals surface area contributed by atoms with E-state index in [0.29, 0.717) is 11.4 Å². The van der Waals surface area contributed by atoms with Gasteiger partial charge in [-0.3, -0.25) is 4.68 Å². The SMILES string of the molecule is COc1nn(C)cc1C(O)c1ccccc1. The number of hydrogen-bond acceptors (Lipinski definition) is 3. The molecule has 0 fully saturated rings. The number of aliphatic hydroxyl groups is 1. The first-order chi connectivity index (χ1) is 7.72. The first kappa shape index (κ1) is 10.7. The van der Waals surface area contributed by atoms with Gasteiger partial charge in [0.25, 0.3) is 0 Å². The van der Waals surface area contributed by atoms with Crippen LogP contribution >= 0.6 is 0 Å². The molecule has 1 unspecified atom stereocenters. The van der Waals surface area contributed by atoms with Crippen LogP contribution < -0.4 is 4.74 Å². The maximum Gasteiger partial charge on any atom is 0.238 e. The minimum absolute atomic E-state index is 0.457. The monoisotopic (exact) mass is 218 g/mol. The maximum atomic E-state index is 10.2. The van der Waals surface area contributed by atoms with Crippen molar-refractivity contribution < 1.29 is 9.84 Å². The van der Waals surface area contributed by atoms with Crippen LogP contribution in [0.3, 0.4) is 0 Å². The standard InChI is InChI=1S/C12H14N2O2/c1-14-8-10(12(13-14)16-2)11(15)9-6-4-3-5-7-9/h3-8,11,15H,1-2H3. The highest BCUT2D eigenvalue weighted by atomic mass is 16.5. The minimum Gasteiger partial charge on any atom is -0.480 e. The summed E-state index contributed by atoms with van der Waals surface area (Å²) in [5.74, 6) is 0.457. The zero-order valence-corrected chi connectivity index (χ0v) is 9.29. The van der Waals surface area contributed by atoms with Gasteiger partial charge in [-0.15, -0.1) is 5.10 Å². The Morgan fingerprint density at radius 1 is 1.31 bits per heavy atom. The van der Waals surface area contributed by atoms with Gasteiger partial charge in [-0.2, -0.15) is 0 Å². The van der Waals surface area contributed by atoms with Gasteiger partial charge in [0.15, 0.2) is 0 Å². The lowest BCUT2D eigenvalue weighted by molar-refractivity contribution is 0.214. The molecule has 0 aliphatic rings. The van der Waals surface area contributed by atoms with E-state index >= 15 is 0 Å². The summed E-state index contributed by atoms with van der Waals surface area (Å²) in [7, 11) is 3.34. The van der Waals surface area contributed by atoms with Crippen LogP contribution in [0.4, 0.5) is 0 Å². The fraction of sp³-hybridized carbons (Fsp3) is 0.250. The number of methoxy groups -OCH3 is 1. The third-order valence-electron chi connectivity index (χ3n) is 2.42. The van der Waals surface area contributed by atoms with Crippen LogP contribution in [-0.2, 0) is 7.05 Å². The molecule has 1 atom stereocenters. The summed E-state index contributed by atoms with van der Waals surface area (Å²) in [6.45, 7) is 0. The van der Waals surface area contributed by atoms with Crippen LogP contribution in [0.5, 0.6) is 5.88 Å². The summed E-state index contributed by atoms with van der Waals surface area (Å²) in [6, 6.07) is 9.44. The fourth-order valence-corrected chi connectivity index (χ4v) is 1.65. The predicted octanol–water partition coefficient (Wildman–Crippen LogP) is 1.51. The molecule has 0 spiro atoms. The highest BCUT2D eigenvalue weighted by molar-refractivity contribution is 5.34. The molecule has 4 heteroatoms. The van der Waals surface area contributed by atoms with Crippen molar-refractivity contribution in [2.24, 2.45) is 7.05 Å². The highest BCUT2D eigenvalue weighted by Gasteiger charge is 2.18. The van der Waals surface area contributed by atoms with Crippen molar-refractivity contribution in [3.05, 3.63) is 47.7 Å². The number of benzene rings is 1. The maximum absolute atomic E-state index is 10.2. The lowest BCUT2D eigenvalue weighted by Gasteiger charge is -2.09. The average molecular weight is 218 g/mol. The molecule has 0 amide bonds. The van der Waals surface area contributed by atoms with E-state index in [0.717, 1.165) is 5.56 Å². The van der Waals surface area contributed by atoms with Gasteiger partial charge in [-0.1, -0.05) is 30.3 Å². The highest BCUT2D eigenvalue weighted by Crippen LogP contribution is 2.28. The Kier molecular flexibility index (Phi) is 2.92. The van der Waals surface area contributed by atoms with E-state index in [1.165, 1.54) is 0 Å². The van der Waals surface area contributed by atoms with Crippen molar-refractivity contribution >= 4 is 0 Å². The molecule has 0 saturated heterocycles. The number of ether oxygens (including phenoxy) is 1. The first-order valence-corrected chi connectivity index (χ1v) is 5.03. The quantitative estimate of drug-likeness (QED) is 0.849. The average Bonchev–Trinajstić information content (AvgIpc) is 2.70. The molecule has 1 N–H and O–H groups in total. The molecule has 1 aromatic heterocycles. The molecule has 0 saturated carbocycles. The molecule has 0 radical (unpaired) electrons. The summed E-state index contributed by atoms with van der Waals surface area (Å²) >= 11 is 0. The minimum atomic E-state index is -0.704. The van der Waals surface area contributed by atoms with Crippen LogP contribution in [0.15, 0.2) is 36.5 Å². The number of aromatic nitrogens is 2. The number of aliphatic hydroxyl groups excluding tert-OH is 1. The number of nitrogens with zero attached hydrogens (tertiary/aromatic N) is 2. The van der Waals surface area contributed by atoms with Gasteiger partial charge in [-0.25, -0.2) is 0 Å². The molecular weight excluding hydrogens is 204 g/mol. The van der Waals surface area contributed by atoms with E-state index in [2.05, 4.69) is 5.10 Å². The van der Waals surface area contributed by atoms with Crippen LogP contribution in [0.1, 0.15) is 17.2 Å². The number of aryl methyl sites for hydroxylation is 1. The van der Waals surface area contributed by atoms with Gasteiger partial charge in [-0.05, 0) is 5.56 Å². The zero-order chi connectivity index (χ0) is 11.5.